The van der Waals surface area contributed by atoms with Crippen molar-refractivity contribution in [2.75, 3.05) is 12.0 Å². The first-order chi connectivity index (χ1) is 8.87. The maximum Gasteiger partial charge on any atom is 0.401 e. The highest BCUT2D eigenvalue weighted by Crippen LogP contribution is 2.31. The number of aromatic nitrogens is 2. The molecular weight excluding hydrogens is 259 g/mol. The van der Waals surface area contributed by atoms with E-state index in [1.54, 1.807) is 13.0 Å². The minimum Gasteiger partial charge on any atom is -0.308 e. The quantitative estimate of drug-likeness (QED) is 0.631. The lowest BCUT2D eigenvalue weighted by molar-refractivity contribution is -0.148. The number of hydrogen-bond acceptors (Lipinski definition) is 5. The third-order valence-electron chi connectivity index (χ3n) is 2.84. The van der Waals surface area contributed by atoms with Gasteiger partial charge in [0.1, 0.15) is 11.6 Å². The largest absolute Gasteiger partial charge is 0.401 e. The van der Waals surface area contributed by atoms with E-state index in [9.17, 15) is 13.2 Å². The van der Waals surface area contributed by atoms with E-state index < -0.39 is 12.7 Å². The molecule has 0 unspecified atom stereocenters. The lowest BCUT2D eigenvalue weighted by Gasteiger charge is -2.22. The highest BCUT2D eigenvalue weighted by molar-refractivity contribution is 5.33. The lowest BCUT2D eigenvalue weighted by atomic mass is 10.3. The molecule has 1 aromatic rings. The van der Waals surface area contributed by atoms with Gasteiger partial charge < -0.3 is 5.43 Å². The first-order valence-corrected chi connectivity index (χ1v) is 5.99. The molecule has 19 heavy (non-hydrogen) atoms. The summed E-state index contributed by atoms with van der Waals surface area (Å²) in [5.74, 6) is 6.02. The van der Waals surface area contributed by atoms with Crippen LogP contribution in [0.2, 0.25) is 0 Å². The molecule has 1 aliphatic carbocycles. The number of nitrogens with one attached hydrogen (secondary N) is 1. The molecule has 1 fully saturated rings. The number of rotatable bonds is 5. The fourth-order valence-corrected chi connectivity index (χ4v) is 1.94. The molecule has 106 valence electrons. The smallest absolute Gasteiger partial charge is 0.308 e. The summed E-state index contributed by atoms with van der Waals surface area (Å²) in [4.78, 5) is 9.59. The lowest BCUT2D eigenvalue weighted by Crippen LogP contribution is -2.36. The van der Waals surface area contributed by atoms with Gasteiger partial charge in [0.25, 0.3) is 0 Å². The molecule has 5 nitrogen and oxygen atoms in total. The van der Waals surface area contributed by atoms with Crippen molar-refractivity contribution in [3.05, 3.63) is 17.6 Å². The molecule has 0 radical (unpaired) electrons. The predicted molar refractivity (Wildman–Crippen MR) is 64.1 cm³/mol. The van der Waals surface area contributed by atoms with Gasteiger partial charge in [0.15, 0.2) is 0 Å². The van der Waals surface area contributed by atoms with Crippen molar-refractivity contribution >= 4 is 5.82 Å². The fraction of sp³-hybridized carbons (Fsp3) is 0.636. The van der Waals surface area contributed by atoms with Crippen LogP contribution >= 0.6 is 0 Å². The third kappa shape index (κ3) is 4.32. The van der Waals surface area contributed by atoms with Gasteiger partial charge in [-0.3, -0.25) is 4.90 Å². The molecule has 0 aliphatic heterocycles. The van der Waals surface area contributed by atoms with Crippen molar-refractivity contribution < 1.29 is 13.2 Å². The molecular formula is C11H16F3N5. The normalized spacial score (nSPS) is 15.9. The fourth-order valence-electron chi connectivity index (χ4n) is 1.94. The number of nitrogens with two attached hydrogens (primary N) is 1. The Labute approximate surface area is 109 Å². The number of halogens is 3. The van der Waals surface area contributed by atoms with Gasteiger partial charge in [-0.2, -0.15) is 13.2 Å². The van der Waals surface area contributed by atoms with Gasteiger partial charge in [-0.15, -0.1) is 0 Å². The SMILES string of the molecule is Cc1cc(NN)nc(CN(CC(F)(F)F)C2CC2)n1. The van der Waals surface area contributed by atoms with Crippen LogP contribution in [0, 0.1) is 6.92 Å². The van der Waals surface area contributed by atoms with E-state index in [0.717, 1.165) is 12.8 Å². The summed E-state index contributed by atoms with van der Waals surface area (Å²) < 4.78 is 37.5. The molecule has 0 saturated heterocycles. The highest BCUT2D eigenvalue weighted by atomic mass is 19.4. The standard InChI is InChI=1S/C11H16F3N5/c1-7-4-9(18-15)17-10(16-7)5-19(8-2-3-8)6-11(12,13)14/h4,8H,2-3,5-6,15H2,1H3,(H,16,17,18). The Morgan fingerprint density at radius 3 is 2.63 bits per heavy atom. The van der Waals surface area contributed by atoms with Gasteiger partial charge in [0.2, 0.25) is 0 Å². The summed E-state index contributed by atoms with van der Waals surface area (Å²) >= 11 is 0. The van der Waals surface area contributed by atoms with E-state index in [1.807, 2.05) is 0 Å². The van der Waals surface area contributed by atoms with E-state index in [0.29, 0.717) is 17.3 Å². The van der Waals surface area contributed by atoms with Crippen LogP contribution in [0.4, 0.5) is 19.0 Å². The number of hydrazine groups is 1. The predicted octanol–water partition coefficient (Wildman–Crippen LogP) is 1.60. The van der Waals surface area contributed by atoms with Gasteiger partial charge in [0, 0.05) is 17.8 Å². The number of anilines is 1. The number of nitrogens with zero attached hydrogens (tertiary/aromatic N) is 3. The second-order valence-electron chi connectivity index (χ2n) is 4.71. The Morgan fingerprint density at radius 2 is 2.11 bits per heavy atom. The van der Waals surface area contributed by atoms with E-state index in [1.165, 1.54) is 4.90 Å². The second kappa shape index (κ2) is 5.30. The van der Waals surface area contributed by atoms with Crippen molar-refractivity contribution in [1.82, 2.24) is 14.9 Å². The summed E-state index contributed by atoms with van der Waals surface area (Å²) in [6, 6.07) is 1.62. The van der Waals surface area contributed by atoms with Crippen LogP contribution in [-0.4, -0.2) is 33.6 Å². The monoisotopic (exact) mass is 275 g/mol. The van der Waals surface area contributed by atoms with Crippen LogP contribution in [0.5, 0.6) is 0 Å². The van der Waals surface area contributed by atoms with Gasteiger partial charge >= 0.3 is 6.18 Å². The third-order valence-corrected chi connectivity index (χ3v) is 2.84. The van der Waals surface area contributed by atoms with Crippen LogP contribution in [0.1, 0.15) is 24.4 Å². The van der Waals surface area contributed by atoms with E-state index in [4.69, 9.17) is 5.84 Å². The van der Waals surface area contributed by atoms with E-state index in [-0.39, 0.29) is 12.6 Å². The maximum absolute atomic E-state index is 12.5. The molecule has 0 atom stereocenters. The Bertz CT molecular complexity index is 444. The van der Waals surface area contributed by atoms with Crippen LogP contribution in [0.25, 0.3) is 0 Å². The van der Waals surface area contributed by atoms with Gasteiger partial charge in [-0.05, 0) is 19.8 Å². The maximum atomic E-state index is 12.5. The van der Waals surface area contributed by atoms with Crippen molar-refractivity contribution in [2.24, 2.45) is 5.84 Å². The van der Waals surface area contributed by atoms with Crippen LogP contribution < -0.4 is 11.3 Å². The van der Waals surface area contributed by atoms with Crippen molar-refractivity contribution in [3.63, 3.8) is 0 Å². The zero-order chi connectivity index (χ0) is 14.0. The van der Waals surface area contributed by atoms with Crippen LogP contribution in [0.15, 0.2) is 6.07 Å². The molecule has 0 spiro atoms. The van der Waals surface area contributed by atoms with Crippen LogP contribution in [0.3, 0.4) is 0 Å². The van der Waals surface area contributed by atoms with Crippen LogP contribution in [-0.2, 0) is 6.54 Å². The summed E-state index contributed by atoms with van der Waals surface area (Å²) in [7, 11) is 0. The van der Waals surface area contributed by atoms with E-state index >= 15 is 0 Å². The van der Waals surface area contributed by atoms with Crippen molar-refractivity contribution in [3.8, 4) is 0 Å². The molecule has 3 N–H and O–H groups in total. The topological polar surface area (TPSA) is 67.1 Å². The number of alkyl halides is 3. The van der Waals surface area contributed by atoms with Gasteiger partial charge in [-0.25, -0.2) is 15.8 Å². The number of aryl methyl sites for hydroxylation is 1. The average molecular weight is 275 g/mol. The molecule has 0 amide bonds. The molecule has 1 aliphatic rings. The minimum absolute atomic E-state index is 0.0139. The molecule has 2 rings (SSSR count). The summed E-state index contributed by atoms with van der Waals surface area (Å²) in [6.45, 7) is 0.901. The van der Waals surface area contributed by atoms with Crippen molar-refractivity contribution in [2.45, 2.75) is 38.5 Å². The first-order valence-electron chi connectivity index (χ1n) is 5.99. The summed E-state index contributed by atoms with van der Waals surface area (Å²) in [5, 5.41) is 0. The average Bonchev–Trinajstić information content (AvgIpc) is 3.09. The molecule has 0 aromatic carbocycles. The molecule has 1 heterocycles. The van der Waals surface area contributed by atoms with Crippen molar-refractivity contribution in [1.29, 1.82) is 0 Å². The zero-order valence-corrected chi connectivity index (χ0v) is 10.5. The highest BCUT2D eigenvalue weighted by Gasteiger charge is 2.38. The summed E-state index contributed by atoms with van der Waals surface area (Å²) in [5.41, 5.74) is 3.05. The molecule has 1 aromatic heterocycles. The Morgan fingerprint density at radius 1 is 1.42 bits per heavy atom. The van der Waals surface area contributed by atoms with Gasteiger partial charge in [0.05, 0.1) is 13.1 Å². The first kappa shape index (κ1) is 14.0. The van der Waals surface area contributed by atoms with Gasteiger partial charge in [-0.1, -0.05) is 0 Å². The minimum atomic E-state index is -4.21. The Hall–Kier alpha value is -1.41. The summed E-state index contributed by atoms with van der Waals surface area (Å²) in [6.07, 6.45) is -2.62. The Balaban J connectivity index is 2.10. The number of hydrogen-bond donors (Lipinski definition) is 2. The number of nitrogen functional groups attached to an aromatic ring is 1. The Kier molecular flexibility index (Phi) is 3.91. The molecule has 0 bridgehead atoms. The molecule has 8 heteroatoms. The van der Waals surface area contributed by atoms with E-state index in [2.05, 4.69) is 15.4 Å². The molecule has 1 saturated carbocycles. The second-order valence-corrected chi connectivity index (χ2v) is 4.71. The zero-order valence-electron chi connectivity index (χ0n) is 10.5.